The monoisotopic (exact) mass is 218 g/mol. The molecule has 0 spiro atoms. The van der Waals surface area contributed by atoms with Gasteiger partial charge in [-0.1, -0.05) is 0 Å². The van der Waals surface area contributed by atoms with Gasteiger partial charge in [0.15, 0.2) is 0 Å². The van der Waals surface area contributed by atoms with Gasteiger partial charge in [0.2, 0.25) is 5.91 Å². The van der Waals surface area contributed by atoms with E-state index in [1.807, 2.05) is 0 Å². The number of aliphatic carboxylic acids is 1. The van der Waals surface area contributed by atoms with Crippen LogP contribution in [-0.2, 0) is 14.3 Å². The molecule has 0 saturated carbocycles. The number of unbranched alkanes of at least 4 members (excludes halogenated alkanes) is 1. The summed E-state index contributed by atoms with van der Waals surface area (Å²) in [6.07, 6.45) is 1.37. The Morgan fingerprint density at radius 2 is 2.07 bits per heavy atom. The number of nitrogens with two attached hydrogens (primary N) is 1. The molecule has 0 aliphatic rings. The van der Waals surface area contributed by atoms with E-state index in [0.29, 0.717) is 32.5 Å². The largest absolute Gasteiger partial charge is 0.481 e. The molecule has 88 valence electrons. The molecule has 0 heterocycles. The predicted octanol–water partition coefficient (Wildman–Crippen LogP) is -0.667. The molecule has 0 radical (unpaired) electrons. The molecule has 6 heteroatoms. The highest BCUT2D eigenvalue weighted by atomic mass is 16.5. The second-order valence-electron chi connectivity index (χ2n) is 3.04. The molecular weight excluding hydrogens is 200 g/mol. The van der Waals surface area contributed by atoms with Crippen LogP contribution >= 0.6 is 0 Å². The number of hydrogen-bond acceptors (Lipinski definition) is 4. The fourth-order valence-electron chi connectivity index (χ4n) is 0.928. The Morgan fingerprint density at radius 1 is 1.33 bits per heavy atom. The van der Waals surface area contributed by atoms with Crippen LogP contribution in [0.1, 0.15) is 19.3 Å². The summed E-state index contributed by atoms with van der Waals surface area (Å²) in [5.41, 5.74) is 5.17. The molecule has 0 aliphatic heterocycles. The zero-order valence-corrected chi connectivity index (χ0v) is 8.70. The molecule has 0 aromatic rings. The first-order valence-electron chi connectivity index (χ1n) is 4.93. The highest BCUT2D eigenvalue weighted by Gasteiger charge is 2.00. The smallest absolute Gasteiger partial charge is 0.303 e. The number of carbonyl (C=O) groups excluding carboxylic acids is 1. The van der Waals surface area contributed by atoms with Crippen molar-refractivity contribution in [1.82, 2.24) is 5.32 Å². The van der Waals surface area contributed by atoms with Gasteiger partial charge in [-0.15, -0.1) is 0 Å². The lowest BCUT2D eigenvalue weighted by Gasteiger charge is -2.04. The van der Waals surface area contributed by atoms with Gasteiger partial charge in [0.05, 0.1) is 6.61 Å². The van der Waals surface area contributed by atoms with Crippen molar-refractivity contribution in [2.75, 3.05) is 26.3 Å². The number of ether oxygens (including phenoxy) is 1. The zero-order chi connectivity index (χ0) is 11.5. The quantitative estimate of drug-likeness (QED) is 0.446. The summed E-state index contributed by atoms with van der Waals surface area (Å²) in [5.74, 6) is -1.01. The Kier molecular flexibility index (Phi) is 8.70. The second-order valence-corrected chi connectivity index (χ2v) is 3.04. The second kappa shape index (κ2) is 9.42. The van der Waals surface area contributed by atoms with Crippen LogP contribution in [0.25, 0.3) is 0 Å². The third-order valence-electron chi connectivity index (χ3n) is 1.63. The van der Waals surface area contributed by atoms with E-state index in [4.69, 9.17) is 15.6 Å². The molecule has 4 N–H and O–H groups in total. The minimum absolute atomic E-state index is 0.0101. The maximum Gasteiger partial charge on any atom is 0.303 e. The summed E-state index contributed by atoms with van der Waals surface area (Å²) in [4.78, 5) is 21.2. The van der Waals surface area contributed by atoms with Gasteiger partial charge in [-0.3, -0.25) is 9.59 Å². The van der Waals surface area contributed by atoms with Crippen LogP contribution in [0.4, 0.5) is 0 Å². The average Bonchev–Trinajstić information content (AvgIpc) is 2.17. The lowest BCUT2D eigenvalue weighted by atomic mass is 10.2. The minimum atomic E-state index is -0.812. The number of amides is 1. The van der Waals surface area contributed by atoms with E-state index in [-0.39, 0.29) is 18.9 Å². The molecule has 0 saturated heterocycles. The Labute approximate surface area is 88.8 Å². The van der Waals surface area contributed by atoms with Crippen molar-refractivity contribution in [3.63, 3.8) is 0 Å². The summed E-state index contributed by atoms with van der Waals surface area (Å²) in [7, 11) is 0. The Hall–Kier alpha value is -1.14. The van der Waals surface area contributed by atoms with Crippen molar-refractivity contribution in [1.29, 1.82) is 0 Å². The summed E-state index contributed by atoms with van der Waals surface area (Å²) in [5, 5.41) is 11.0. The first-order chi connectivity index (χ1) is 7.16. The lowest BCUT2D eigenvalue weighted by molar-refractivity contribution is -0.137. The first kappa shape index (κ1) is 13.9. The van der Waals surface area contributed by atoms with Gasteiger partial charge in [-0.25, -0.2) is 0 Å². The normalized spacial score (nSPS) is 9.93. The van der Waals surface area contributed by atoms with Gasteiger partial charge in [0.25, 0.3) is 0 Å². The van der Waals surface area contributed by atoms with Crippen molar-refractivity contribution in [2.24, 2.45) is 5.73 Å². The molecule has 15 heavy (non-hydrogen) atoms. The standard InChI is InChI=1S/C9H18N2O4/c10-4-6-15-7-8(12)11-5-2-1-3-9(13)14/h1-7,10H2,(H,11,12)(H,13,14). The molecule has 0 fully saturated rings. The first-order valence-corrected chi connectivity index (χ1v) is 4.93. The maximum absolute atomic E-state index is 11.0. The summed E-state index contributed by atoms with van der Waals surface area (Å²) >= 11 is 0. The van der Waals surface area contributed by atoms with Crippen molar-refractivity contribution in [2.45, 2.75) is 19.3 Å². The van der Waals surface area contributed by atoms with E-state index < -0.39 is 5.97 Å². The van der Waals surface area contributed by atoms with E-state index >= 15 is 0 Å². The number of hydrogen-bond donors (Lipinski definition) is 3. The highest BCUT2D eigenvalue weighted by molar-refractivity contribution is 5.77. The summed E-state index contributed by atoms with van der Waals surface area (Å²) < 4.78 is 4.91. The molecule has 0 bridgehead atoms. The van der Waals surface area contributed by atoms with Crippen LogP contribution in [0.5, 0.6) is 0 Å². The number of carbonyl (C=O) groups is 2. The molecule has 0 atom stereocenters. The van der Waals surface area contributed by atoms with Crippen LogP contribution in [0.15, 0.2) is 0 Å². The summed E-state index contributed by atoms with van der Waals surface area (Å²) in [6.45, 7) is 1.26. The van der Waals surface area contributed by atoms with Crippen LogP contribution < -0.4 is 11.1 Å². The van der Waals surface area contributed by atoms with Crippen LogP contribution in [-0.4, -0.2) is 43.3 Å². The van der Waals surface area contributed by atoms with Crippen LogP contribution in [0.2, 0.25) is 0 Å². The molecule has 6 nitrogen and oxygen atoms in total. The molecule has 0 unspecified atom stereocenters. The lowest BCUT2D eigenvalue weighted by Crippen LogP contribution is -2.29. The average molecular weight is 218 g/mol. The van der Waals surface area contributed by atoms with Crippen LogP contribution in [0.3, 0.4) is 0 Å². The number of carboxylic acid groups (broad SMARTS) is 1. The van der Waals surface area contributed by atoms with E-state index in [1.54, 1.807) is 0 Å². The molecule has 0 aromatic carbocycles. The van der Waals surface area contributed by atoms with Crippen molar-refractivity contribution in [3.8, 4) is 0 Å². The third-order valence-corrected chi connectivity index (χ3v) is 1.63. The Balaban J connectivity index is 3.20. The van der Waals surface area contributed by atoms with Gasteiger partial charge in [-0.2, -0.15) is 0 Å². The molecular formula is C9H18N2O4. The molecule has 1 amide bonds. The number of rotatable bonds is 9. The van der Waals surface area contributed by atoms with Gasteiger partial charge < -0.3 is 20.9 Å². The van der Waals surface area contributed by atoms with E-state index in [9.17, 15) is 9.59 Å². The molecule has 0 rings (SSSR count). The molecule has 0 aliphatic carbocycles. The van der Waals surface area contributed by atoms with Crippen molar-refractivity contribution in [3.05, 3.63) is 0 Å². The third kappa shape index (κ3) is 10.8. The number of carboxylic acids is 1. The highest BCUT2D eigenvalue weighted by Crippen LogP contribution is 1.93. The van der Waals surface area contributed by atoms with E-state index in [2.05, 4.69) is 5.32 Å². The van der Waals surface area contributed by atoms with Crippen molar-refractivity contribution >= 4 is 11.9 Å². The van der Waals surface area contributed by atoms with E-state index in [1.165, 1.54) is 0 Å². The molecule has 0 aromatic heterocycles. The minimum Gasteiger partial charge on any atom is -0.481 e. The van der Waals surface area contributed by atoms with Gasteiger partial charge >= 0.3 is 5.97 Å². The Bertz CT molecular complexity index is 197. The fraction of sp³-hybridized carbons (Fsp3) is 0.778. The van der Waals surface area contributed by atoms with Gasteiger partial charge in [0.1, 0.15) is 6.61 Å². The SMILES string of the molecule is NCCOCC(=O)NCCCCC(=O)O. The fourth-order valence-corrected chi connectivity index (χ4v) is 0.928. The van der Waals surface area contributed by atoms with Gasteiger partial charge in [0, 0.05) is 19.5 Å². The maximum atomic E-state index is 11.0. The number of nitrogens with one attached hydrogen (secondary N) is 1. The van der Waals surface area contributed by atoms with Crippen LogP contribution in [0, 0.1) is 0 Å². The van der Waals surface area contributed by atoms with Crippen molar-refractivity contribution < 1.29 is 19.4 Å². The Morgan fingerprint density at radius 3 is 2.67 bits per heavy atom. The summed E-state index contributed by atoms with van der Waals surface area (Å²) in [6, 6.07) is 0. The zero-order valence-electron chi connectivity index (χ0n) is 8.70. The predicted molar refractivity (Wildman–Crippen MR) is 54.4 cm³/mol. The van der Waals surface area contributed by atoms with Gasteiger partial charge in [-0.05, 0) is 12.8 Å². The van der Waals surface area contributed by atoms with E-state index in [0.717, 1.165) is 0 Å². The topological polar surface area (TPSA) is 102 Å².